The maximum atomic E-state index is 12.3. The van der Waals surface area contributed by atoms with Crippen LogP contribution in [0.4, 0.5) is 0 Å². The third kappa shape index (κ3) is 5.30. The Balaban J connectivity index is 1.63. The van der Waals surface area contributed by atoms with Gasteiger partial charge in [-0.3, -0.25) is 9.59 Å². The molecule has 0 saturated heterocycles. The fraction of sp³-hybridized carbons (Fsp3) is 0.304. The first-order valence-electron chi connectivity index (χ1n) is 9.34. The zero-order valence-electron chi connectivity index (χ0n) is 15.5. The molecule has 1 saturated carbocycles. The van der Waals surface area contributed by atoms with E-state index in [1.54, 1.807) is 49.6 Å². The molecule has 3 rings (SSSR count). The Bertz CT molecular complexity index is 815. The third-order valence-corrected chi connectivity index (χ3v) is 4.82. The van der Waals surface area contributed by atoms with Crippen LogP contribution in [0.2, 0.25) is 0 Å². The average Bonchev–Trinajstić information content (AvgIpc) is 2.73. The molecule has 140 valence electrons. The van der Waals surface area contributed by atoms with E-state index in [1.165, 1.54) is 12.5 Å². The van der Waals surface area contributed by atoms with Gasteiger partial charge in [-0.1, -0.05) is 37.5 Å². The first kappa shape index (κ1) is 18.9. The number of carbonyl (C=O) groups excluding carboxylic acids is 2. The van der Waals surface area contributed by atoms with Gasteiger partial charge in [0.1, 0.15) is 11.5 Å². The summed E-state index contributed by atoms with van der Waals surface area (Å²) >= 11 is 0. The second kappa shape index (κ2) is 9.17. The molecule has 0 bridgehead atoms. The minimum atomic E-state index is -0.148. The number of carbonyl (C=O) groups is 2. The van der Waals surface area contributed by atoms with Gasteiger partial charge in [0.25, 0.3) is 0 Å². The van der Waals surface area contributed by atoms with Crippen LogP contribution in [0.1, 0.15) is 48.0 Å². The molecule has 0 radical (unpaired) electrons. The highest BCUT2D eigenvalue weighted by molar-refractivity contribution is 6.06. The molecule has 4 nitrogen and oxygen atoms in total. The topological polar surface area (TPSA) is 52.6 Å². The first-order valence-corrected chi connectivity index (χ1v) is 9.34. The average molecular weight is 364 g/mol. The van der Waals surface area contributed by atoms with Gasteiger partial charge in [0.05, 0.1) is 13.0 Å². The maximum absolute atomic E-state index is 12.3. The lowest BCUT2D eigenvalue weighted by atomic mass is 9.89. The number of methoxy groups -OCH3 is 1. The monoisotopic (exact) mass is 364 g/mol. The molecule has 0 unspecified atom stereocenters. The van der Waals surface area contributed by atoms with E-state index in [-0.39, 0.29) is 17.7 Å². The lowest BCUT2D eigenvalue weighted by molar-refractivity contribution is -0.139. The number of hydrogen-bond donors (Lipinski definition) is 0. The summed E-state index contributed by atoms with van der Waals surface area (Å²) < 4.78 is 10.6. The van der Waals surface area contributed by atoms with Gasteiger partial charge in [-0.25, -0.2) is 0 Å². The van der Waals surface area contributed by atoms with Crippen LogP contribution < -0.4 is 9.47 Å². The molecule has 0 amide bonds. The number of hydrogen-bond acceptors (Lipinski definition) is 4. The molecular weight excluding hydrogens is 340 g/mol. The minimum Gasteiger partial charge on any atom is -0.497 e. The van der Waals surface area contributed by atoms with Gasteiger partial charge >= 0.3 is 5.97 Å². The number of benzene rings is 2. The second-order valence-corrected chi connectivity index (χ2v) is 6.75. The van der Waals surface area contributed by atoms with E-state index in [1.807, 2.05) is 12.1 Å². The van der Waals surface area contributed by atoms with Gasteiger partial charge in [-0.15, -0.1) is 0 Å². The Morgan fingerprint density at radius 3 is 2.41 bits per heavy atom. The van der Waals surface area contributed by atoms with E-state index in [9.17, 15) is 9.59 Å². The number of ketones is 1. The SMILES string of the molecule is COc1ccc(C(=O)C=Cc2cccc(OC(=O)C3CCCCC3)c2)cc1. The van der Waals surface area contributed by atoms with E-state index in [0.717, 1.165) is 31.2 Å². The fourth-order valence-corrected chi connectivity index (χ4v) is 3.24. The zero-order chi connectivity index (χ0) is 19.1. The van der Waals surface area contributed by atoms with Crippen molar-refractivity contribution in [3.63, 3.8) is 0 Å². The van der Waals surface area contributed by atoms with Crippen molar-refractivity contribution in [2.24, 2.45) is 5.92 Å². The van der Waals surface area contributed by atoms with E-state index >= 15 is 0 Å². The lowest BCUT2D eigenvalue weighted by Crippen LogP contribution is -2.22. The number of rotatable bonds is 6. The molecule has 1 aliphatic carbocycles. The summed E-state index contributed by atoms with van der Waals surface area (Å²) in [6, 6.07) is 14.2. The molecule has 2 aromatic carbocycles. The Hall–Kier alpha value is -2.88. The van der Waals surface area contributed by atoms with E-state index in [4.69, 9.17) is 9.47 Å². The van der Waals surface area contributed by atoms with Gasteiger partial charge in [0.15, 0.2) is 5.78 Å². The first-order chi connectivity index (χ1) is 13.2. The predicted octanol–water partition coefficient (Wildman–Crippen LogP) is 5.08. The van der Waals surface area contributed by atoms with Crippen LogP contribution in [0.3, 0.4) is 0 Å². The van der Waals surface area contributed by atoms with E-state index < -0.39 is 0 Å². The van der Waals surface area contributed by atoms with Crippen LogP contribution in [-0.4, -0.2) is 18.9 Å². The van der Waals surface area contributed by atoms with Crippen molar-refractivity contribution in [3.8, 4) is 11.5 Å². The summed E-state index contributed by atoms with van der Waals surface area (Å²) in [6.07, 6.45) is 8.45. The molecule has 0 N–H and O–H groups in total. The molecule has 1 aliphatic rings. The van der Waals surface area contributed by atoms with Crippen LogP contribution in [0.25, 0.3) is 6.08 Å². The summed E-state index contributed by atoms with van der Waals surface area (Å²) in [7, 11) is 1.59. The zero-order valence-corrected chi connectivity index (χ0v) is 15.5. The summed E-state index contributed by atoms with van der Waals surface area (Å²) in [5.74, 6) is 0.995. The second-order valence-electron chi connectivity index (χ2n) is 6.75. The number of esters is 1. The molecule has 0 aliphatic heterocycles. The van der Waals surface area contributed by atoms with Crippen molar-refractivity contribution in [2.45, 2.75) is 32.1 Å². The Morgan fingerprint density at radius 1 is 0.963 bits per heavy atom. The fourth-order valence-electron chi connectivity index (χ4n) is 3.24. The van der Waals surface area contributed by atoms with Crippen molar-refractivity contribution in [1.29, 1.82) is 0 Å². The molecule has 1 fully saturated rings. The van der Waals surface area contributed by atoms with Gasteiger partial charge < -0.3 is 9.47 Å². The van der Waals surface area contributed by atoms with Crippen LogP contribution >= 0.6 is 0 Å². The normalized spacial score (nSPS) is 14.9. The molecule has 4 heteroatoms. The summed E-state index contributed by atoms with van der Waals surface area (Å²) in [5.41, 5.74) is 1.40. The smallest absolute Gasteiger partial charge is 0.314 e. The van der Waals surface area contributed by atoms with Gasteiger partial charge in [-0.05, 0) is 60.9 Å². The lowest BCUT2D eigenvalue weighted by Gasteiger charge is -2.19. The highest BCUT2D eigenvalue weighted by Crippen LogP contribution is 2.26. The Labute approximate surface area is 159 Å². The summed E-state index contributed by atoms with van der Waals surface area (Å²) in [5, 5.41) is 0. The molecular formula is C23H24O4. The molecule has 0 spiro atoms. The number of allylic oxidation sites excluding steroid dienone is 1. The summed E-state index contributed by atoms with van der Waals surface area (Å²) in [4.78, 5) is 24.6. The summed E-state index contributed by atoms with van der Waals surface area (Å²) in [6.45, 7) is 0. The standard InChI is InChI=1S/C23H24O4/c1-26-20-13-11-18(12-14-20)22(24)15-10-17-6-5-9-21(16-17)27-23(25)19-7-3-2-4-8-19/h5-6,9-16,19H,2-4,7-8H2,1H3. The largest absolute Gasteiger partial charge is 0.497 e. The predicted molar refractivity (Wildman–Crippen MR) is 105 cm³/mol. The molecule has 0 atom stereocenters. The van der Waals surface area contributed by atoms with Crippen molar-refractivity contribution in [2.75, 3.05) is 7.11 Å². The van der Waals surface area contributed by atoms with Crippen LogP contribution in [-0.2, 0) is 4.79 Å². The molecule has 0 aromatic heterocycles. The van der Waals surface area contributed by atoms with E-state index in [0.29, 0.717) is 17.1 Å². The van der Waals surface area contributed by atoms with Crippen LogP contribution in [0.15, 0.2) is 54.6 Å². The third-order valence-electron chi connectivity index (χ3n) is 4.82. The highest BCUT2D eigenvalue weighted by atomic mass is 16.5. The van der Waals surface area contributed by atoms with E-state index in [2.05, 4.69) is 0 Å². The highest BCUT2D eigenvalue weighted by Gasteiger charge is 2.22. The van der Waals surface area contributed by atoms with Crippen LogP contribution in [0, 0.1) is 5.92 Å². The van der Waals surface area contributed by atoms with Crippen LogP contribution in [0.5, 0.6) is 11.5 Å². The molecule has 27 heavy (non-hydrogen) atoms. The van der Waals surface area contributed by atoms with Crippen molar-refractivity contribution in [3.05, 3.63) is 65.7 Å². The van der Waals surface area contributed by atoms with Crippen molar-refractivity contribution in [1.82, 2.24) is 0 Å². The van der Waals surface area contributed by atoms with Crippen molar-refractivity contribution < 1.29 is 19.1 Å². The van der Waals surface area contributed by atoms with Gasteiger partial charge in [0, 0.05) is 5.56 Å². The minimum absolute atomic E-state index is 0.00889. The van der Waals surface area contributed by atoms with Gasteiger partial charge in [-0.2, -0.15) is 0 Å². The number of ether oxygens (including phenoxy) is 2. The maximum Gasteiger partial charge on any atom is 0.314 e. The molecule has 0 heterocycles. The molecule has 2 aromatic rings. The Kier molecular flexibility index (Phi) is 6.42. The Morgan fingerprint density at radius 2 is 1.70 bits per heavy atom. The van der Waals surface area contributed by atoms with Crippen molar-refractivity contribution >= 4 is 17.8 Å². The van der Waals surface area contributed by atoms with Gasteiger partial charge in [0.2, 0.25) is 0 Å². The quantitative estimate of drug-likeness (QED) is 0.310.